The van der Waals surface area contributed by atoms with E-state index in [4.69, 9.17) is 0 Å². The molecule has 1 aliphatic rings. The summed E-state index contributed by atoms with van der Waals surface area (Å²) in [4.78, 5) is 18.4. The second-order valence-corrected chi connectivity index (χ2v) is 6.48. The molecule has 0 bridgehead atoms. The summed E-state index contributed by atoms with van der Waals surface area (Å²) in [6.07, 6.45) is 2.36. The minimum Gasteiger partial charge on any atom is -0.481 e. The predicted molar refractivity (Wildman–Crippen MR) is 81.4 cm³/mol. The van der Waals surface area contributed by atoms with Gasteiger partial charge in [-0.2, -0.15) is 0 Å². The number of carboxylic acid groups (broad SMARTS) is 1. The summed E-state index contributed by atoms with van der Waals surface area (Å²) in [7, 11) is 0. The molecular formula is C15H18N2O2S. The number of aromatic nitrogens is 1. The first-order valence-corrected chi connectivity index (χ1v) is 7.80. The van der Waals surface area contributed by atoms with Gasteiger partial charge in [-0.15, -0.1) is 0 Å². The van der Waals surface area contributed by atoms with Gasteiger partial charge in [0.2, 0.25) is 0 Å². The minimum absolute atomic E-state index is 0.579. The third-order valence-electron chi connectivity index (χ3n) is 4.09. The van der Waals surface area contributed by atoms with E-state index >= 15 is 0 Å². The van der Waals surface area contributed by atoms with Crippen molar-refractivity contribution in [2.24, 2.45) is 5.41 Å². The lowest BCUT2D eigenvalue weighted by Crippen LogP contribution is -2.34. The van der Waals surface area contributed by atoms with Crippen molar-refractivity contribution in [3.05, 3.63) is 24.3 Å². The Morgan fingerprint density at radius 1 is 1.50 bits per heavy atom. The average Bonchev–Trinajstić information content (AvgIpc) is 3.03. The number of benzene rings is 1. The Hall–Kier alpha value is -1.62. The summed E-state index contributed by atoms with van der Waals surface area (Å²) < 4.78 is 1.16. The fraction of sp³-hybridized carbons (Fsp3) is 0.467. The Morgan fingerprint density at radius 2 is 2.30 bits per heavy atom. The maximum atomic E-state index is 11.6. The molecule has 0 aliphatic carbocycles. The van der Waals surface area contributed by atoms with E-state index in [0.717, 1.165) is 34.7 Å². The molecule has 1 aromatic carbocycles. The number of nitrogens with zero attached hydrogens (tertiary/aromatic N) is 2. The molecule has 4 nitrogen and oxygen atoms in total. The Balaban J connectivity index is 1.87. The van der Waals surface area contributed by atoms with Crippen molar-refractivity contribution in [1.82, 2.24) is 4.98 Å². The fourth-order valence-corrected chi connectivity index (χ4v) is 3.99. The summed E-state index contributed by atoms with van der Waals surface area (Å²) in [5.41, 5.74) is 0.405. The molecule has 1 N–H and O–H groups in total. The summed E-state index contributed by atoms with van der Waals surface area (Å²) in [5.74, 6) is -0.664. The number of carboxylic acids is 1. The smallest absolute Gasteiger partial charge is 0.311 e. The van der Waals surface area contributed by atoms with Crippen molar-refractivity contribution in [1.29, 1.82) is 0 Å². The van der Waals surface area contributed by atoms with Crippen LogP contribution in [0.25, 0.3) is 10.2 Å². The third-order valence-corrected chi connectivity index (χ3v) is 5.19. The van der Waals surface area contributed by atoms with Crippen LogP contribution in [0.3, 0.4) is 0 Å². The zero-order valence-electron chi connectivity index (χ0n) is 11.5. The van der Waals surface area contributed by atoms with Crippen LogP contribution in [0.15, 0.2) is 24.3 Å². The van der Waals surface area contributed by atoms with Gasteiger partial charge in [-0.25, -0.2) is 4.98 Å². The largest absolute Gasteiger partial charge is 0.481 e. The second kappa shape index (κ2) is 5.05. The number of anilines is 1. The molecule has 20 heavy (non-hydrogen) atoms. The molecule has 106 valence electrons. The number of aliphatic carboxylic acids is 1. The van der Waals surface area contributed by atoms with E-state index in [1.807, 2.05) is 25.1 Å². The Kier molecular flexibility index (Phi) is 3.38. The van der Waals surface area contributed by atoms with Crippen LogP contribution in [0.2, 0.25) is 0 Å². The number of rotatable bonds is 4. The summed E-state index contributed by atoms with van der Waals surface area (Å²) in [6.45, 7) is 3.41. The molecule has 1 fully saturated rings. The summed E-state index contributed by atoms with van der Waals surface area (Å²) in [5, 5.41) is 10.5. The summed E-state index contributed by atoms with van der Waals surface area (Å²) in [6, 6.07) is 8.05. The molecule has 1 saturated heterocycles. The molecule has 3 rings (SSSR count). The molecule has 1 unspecified atom stereocenters. The SMILES string of the molecule is CCCC1(C(=O)O)CCN(c2nc3ccccc3s2)C1. The second-order valence-electron chi connectivity index (χ2n) is 5.47. The Bertz CT molecular complexity index is 607. The van der Waals surface area contributed by atoms with E-state index in [-0.39, 0.29) is 0 Å². The van der Waals surface area contributed by atoms with E-state index in [2.05, 4.69) is 16.0 Å². The van der Waals surface area contributed by atoms with Crippen molar-refractivity contribution in [2.75, 3.05) is 18.0 Å². The Morgan fingerprint density at radius 3 is 3.00 bits per heavy atom. The molecular weight excluding hydrogens is 272 g/mol. The van der Waals surface area contributed by atoms with Gasteiger partial charge in [-0.05, 0) is 25.0 Å². The van der Waals surface area contributed by atoms with Gasteiger partial charge in [0.25, 0.3) is 0 Å². The van der Waals surface area contributed by atoms with Gasteiger partial charge in [0, 0.05) is 13.1 Å². The minimum atomic E-state index is -0.664. The molecule has 1 atom stereocenters. The van der Waals surface area contributed by atoms with Crippen molar-refractivity contribution in [2.45, 2.75) is 26.2 Å². The van der Waals surface area contributed by atoms with Crippen LogP contribution >= 0.6 is 11.3 Å². The van der Waals surface area contributed by atoms with Crippen LogP contribution in [-0.4, -0.2) is 29.1 Å². The number of carbonyl (C=O) groups is 1. The highest BCUT2D eigenvalue weighted by atomic mass is 32.1. The lowest BCUT2D eigenvalue weighted by Gasteiger charge is -2.23. The van der Waals surface area contributed by atoms with Crippen molar-refractivity contribution in [3.63, 3.8) is 0 Å². The lowest BCUT2D eigenvalue weighted by atomic mass is 9.83. The van der Waals surface area contributed by atoms with Crippen molar-refractivity contribution >= 4 is 32.7 Å². The zero-order chi connectivity index (χ0) is 14.2. The topological polar surface area (TPSA) is 53.4 Å². The molecule has 0 spiro atoms. The predicted octanol–water partition coefficient (Wildman–Crippen LogP) is 3.38. The Labute approximate surface area is 122 Å². The van der Waals surface area contributed by atoms with Crippen molar-refractivity contribution < 1.29 is 9.90 Å². The van der Waals surface area contributed by atoms with Gasteiger partial charge in [0.15, 0.2) is 5.13 Å². The molecule has 5 heteroatoms. The molecule has 1 aromatic heterocycles. The van der Waals surface area contributed by atoms with Gasteiger partial charge in [0.1, 0.15) is 0 Å². The molecule has 2 heterocycles. The third kappa shape index (κ3) is 2.16. The molecule has 0 saturated carbocycles. The van der Waals surface area contributed by atoms with Crippen LogP contribution in [0.1, 0.15) is 26.2 Å². The van der Waals surface area contributed by atoms with E-state index in [1.54, 1.807) is 11.3 Å². The first-order valence-electron chi connectivity index (χ1n) is 6.98. The fourth-order valence-electron chi connectivity index (χ4n) is 3.00. The van der Waals surface area contributed by atoms with Gasteiger partial charge in [-0.1, -0.05) is 36.8 Å². The van der Waals surface area contributed by atoms with Crippen LogP contribution in [0.5, 0.6) is 0 Å². The standard InChI is InChI=1S/C15H18N2O2S/c1-2-7-15(13(18)19)8-9-17(10-15)14-16-11-5-3-4-6-12(11)20-14/h3-6H,2,7-10H2,1H3,(H,18,19). The number of fused-ring (bicyclic) bond motifs is 1. The van der Waals surface area contributed by atoms with Crippen molar-refractivity contribution in [3.8, 4) is 0 Å². The normalized spacial score (nSPS) is 22.6. The lowest BCUT2D eigenvalue weighted by molar-refractivity contribution is -0.148. The zero-order valence-corrected chi connectivity index (χ0v) is 12.3. The molecule has 2 aromatic rings. The first-order chi connectivity index (χ1) is 9.64. The van der Waals surface area contributed by atoms with Gasteiger partial charge < -0.3 is 10.0 Å². The monoisotopic (exact) mass is 290 g/mol. The highest BCUT2D eigenvalue weighted by Gasteiger charge is 2.44. The van der Waals surface area contributed by atoms with Crippen LogP contribution in [0, 0.1) is 5.41 Å². The molecule has 0 amide bonds. The first kappa shape index (κ1) is 13.4. The maximum absolute atomic E-state index is 11.6. The van der Waals surface area contributed by atoms with E-state index in [9.17, 15) is 9.90 Å². The van der Waals surface area contributed by atoms with Gasteiger partial charge in [0.05, 0.1) is 15.6 Å². The van der Waals surface area contributed by atoms with Crippen LogP contribution in [-0.2, 0) is 4.79 Å². The summed E-state index contributed by atoms with van der Waals surface area (Å²) >= 11 is 1.65. The van der Waals surface area contributed by atoms with Gasteiger partial charge in [-0.3, -0.25) is 4.79 Å². The number of hydrogen-bond donors (Lipinski definition) is 1. The van der Waals surface area contributed by atoms with Crippen LogP contribution < -0.4 is 4.90 Å². The quantitative estimate of drug-likeness (QED) is 0.938. The number of hydrogen-bond acceptors (Lipinski definition) is 4. The van der Waals surface area contributed by atoms with E-state index < -0.39 is 11.4 Å². The maximum Gasteiger partial charge on any atom is 0.311 e. The van der Waals surface area contributed by atoms with Crippen LogP contribution in [0.4, 0.5) is 5.13 Å². The molecule has 0 radical (unpaired) electrons. The average molecular weight is 290 g/mol. The number of para-hydroxylation sites is 1. The molecule has 1 aliphatic heterocycles. The van der Waals surface area contributed by atoms with E-state index in [0.29, 0.717) is 13.0 Å². The van der Waals surface area contributed by atoms with Gasteiger partial charge >= 0.3 is 5.97 Å². The van der Waals surface area contributed by atoms with E-state index in [1.165, 1.54) is 0 Å². The highest BCUT2D eigenvalue weighted by molar-refractivity contribution is 7.22. The highest BCUT2D eigenvalue weighted by Crippen LogP contribution is 2.39. The number of thiazole rings is 1.